The number of carbonyl (C=O) groups excluding carboxylic acids is 1. The number of anilines is 1. The number of hydrogen-bond donors (Lipinski definition) is 1. The molecule has 2 aromatic rings. The van der Waals surface area contributed by atoms with Crippen LogP contribution in [0.15, 0.2) is 42.5 Å². The van der Waals surface area contributed by atoms with Crippen molar-refractivity contribution in [2.24, 2.45) is 0 Å². The molecule has 1 atom stereocenters. The second-order valence-corrected chi connectivity index (χ2v) is 6.09. The van der Waals surface area contributed by atoms with E-state index in [0.717, 1.165) is 11.3 Å². The van der Waals surface area contributed by atoms with Gasteiger partial charge in [-0.05, 0) is 35.9 Å². The molecule has 0 saturated carbocycles. The fraction of sp³-hybridized carbons (Fsp3) is 0.222. The highest BCUT2D eigenvalue weighted by molar-refractivity contribution is 6.30. The van der Waals surface area contributed by atoms with Crippen LogP contribution >= 0.6 is 11.6 Å². The second-order valence-electron chi connectivity index (χ2n) is 5.65. The van der Waals surface area contributed by atoms with Crippen molar-refractivity contribution in [1.82, 2.24) is 0 Å². The number of hydrogen-bond acceptors (Lipinski definition) is 3. The number of nitrogens with zero attached hydrogens (tertiary/aromatic N) is 1. The van der Waals surface area contributed by atoms with Crippen LogP contribution in [0.25, 0.3) is 0 Å². The molecule has 1 aliphatic rings. The first-order chi connectivity index (χ1) is 11.5. The Kier molecular flexibility index (Phi) is 4.44. The van der Waals surface area contributed by atoms with Crippen LogP contribution in [0, 0.1) is 0 Å². The number of carbonyl (C=O) groups is 2. The van der Waals surface area contributed by atoms with E-state index in [1.54, 1.807) is 29.2 Å². The summed E-state index contributed by atoms with van der Waals surface area (Å²) in [6.07, 6.45) is 0.363. The number of carboxylic acid groups (broad SMARTS) is 1. The standard InChI is InChI=1S/C18H16ClNO4/c1-24-16-7-11(5-6-15(16)18(22)23)12-8-17(21)20(10-12)14-4-2-3-13(19)9-14/h2-7,9,12H,8,10H2,1H3,(H,22,23). The molecule has 1 aliphatic heterocycles. The summed E-state index contributed by atoms with van der Waals surface area (Å²) in [4.78, 5) is 25.2. The minimum Gasteiger partial charge on any atom is -0.496 e. The molecular weight excluding hydrogens is 330 g/mol. The third-order valence-corrected chi connectivity index (χ3v) is 4.41. The van der Waals surface area contributed by atoms with Gasteiger partial charge in [-0.3, -0.25) is 4.79 Å². The molecule has 24 heavy (non-hydrogen) atoms. The Morgan fingerprint density at radius 3 is 2.75 bits per heavy atom. The number of benzene rings is 2. The quantitative estimate of drug-likeness (QED) is 0.920. The average molecular weight is 346 g/mol. The van der Waals surface area contributed by atoms with Gasteiger partial charge in [0.05, 0.1) is 7.11 Å². The molecule has 5 nitrogen and oxygen atoms in total. The molecule has 1 saturated heterocycles. The van der Waals surface area contributed by atoms with Crippen LogP contribution < -0.4 is 9.64 Å². The number of aromatic carboxylic acids is 1. The largest absolute Gasteiger partial charge is 0.496 e. The minimum atomic E-state index is -1.04. The zero-order valence-corrected chi connectivity index (χ0v) is 13.8. The lowest BCUT2D eigenvalue weighted by atomic mass is 9.96. The van der Waals surface area contributed by atoms with Gasteiger partial charge >= 0.3 is 5.97 Å². The number of rotatable bonds is 4. The number of ether oxygens (including phenoxy) is 1. The van der Waals surface area contributed by atoms with Gasteiger partial charge in [-0.25, -0.2) is 4.79 Å². The third kappa shape index (κ3) is 3.08. The monoisotopic (exact) mass is 345 g/mol. The van der Waals surface area contributed by atoms with Crippen molar-refractivity contribution < 1.29 is 19.4 Å². The molecule has 1 heterocycles. The predicted molar refractivity (Wildman–Crippen MR) is 91.1 cm³/mol. The molecule has 6 heteroatoms. The van der Waals surface area contributed by atoms with E-state index in [0.29, 0.717) is 23.7 Å². The molecule has 0 aromatic heterocycles. The van der Waals surface area contributed by atoms with Gasteiger partial charge in [-0.15, -0.1) is 0 Å². The fourth-order valence-corrected chi connectivity index (χ4v) is 3.15. The van der Waals surface area contributed by atoms with E-state index in [9.17, 15) is 9.59 Å². The topological polar surface area (TPSA) is 66.8 Å². The van der Waals surface area contributed by atoms with Gasteiger partial charge < -0.3 is 14.7 Å². The van der Waals surface area contributed by atoms with E-state index >= 15 is 0 Å². The van der Waals surface area contributed by atoms with E-state index in [1.807, 2.05) is 12.1 Å². The van der Waals surface area contributed by atoms with Crippen LogP contribution in [0.4, 0.5) is 5.69 Å². The Balaban J connectivity index is 1.87. The van der Waals surface area contributed by atoms with Crippen molar-refractivity contribution in [3.8, 4) is 5.75 Å². The van der Waals surface area contributed by atoms with Crippen molar-refractivity contribution in [1.29, 1.82) is 0 Å². The lowest BCUT2D eigenvalue weighted by Crippen LogP contribution is -2.24. The number of halogens is 1. The fourth-order valence-electron chi connectivity index (χ4n) is 2.96. The summed E-state index contributed by atoms with van der Waals surface area (Å²) in [7, 11) is 1.43. The lowest BCUT2D eigenvalue weighted by Gasteiger charge is -2.17. The maximum atomic E-state index is 12.4. The molecule has 0 bridgehead atoms. The molecular formula is C18H16ClNO4. The summed E-state index contributed by atoms with van der Waals surface area (Å²) < 4.78 is 5.16. The Labute approximate surface area is 144 Å². The Hall–Kier alpha value is -2.53. The highest BCUT2D eigenvalue weighted by atomic mass is 35.5. The van der Waals surface area contributed by atoms with Gasteiger partial charge in [0.2, 0.25) is 5.91 Å². The summed E-state index contributed by atoms with van der Waals surface area (Å²) in [6.45, 7) is 0.523. The molecule has 0 aliphatic carbocycles. The van der Waals surface area contributed by atoms with Crippen LogP contribution in [-0.4, -0.2) is 30.6 Å². The number of methoxy groups -OCH3 is 1. The molecule has 0 radical (unpaired) electrons. The van der Waals surface area contributed by atoms with Crippen molar-refractivity contribution in [3.05, 3.63) is 58.6 Å². The molecule has 2 aromatic carbocycles. The normalized spacial score (nSPS) is 17.2. The SMILES string of the molecule is COc1cc(C2CC(=O)N(c3cccc(Cl)c3)C2)ccc1C(=O)O. The predicted octanol–water partition coefficient (Wildman–Crippen LogP) is 3.57. The molecule has 1 fully saturated rings. The summed E-state index contributed by atoms with van der Waals surface area (Å²) in [5.74, 6) is -0.744. The first-order valence-corrected chi connectivity index (χ1v) is 7.84. The van der Waals surface area contributed by atoms with Crippen molar-refractivity contribution >= 4 is 29.2 Å². The van der Waals surface area contributed by atoms with Crippen LogP contribution in [0.2, 0.25) is 5.02 Å². The Bertz CT molecular complexity index is 805. The minimum absolute atomic E-state index is 0.0172. The second kappa shape index (κ2) is 6.53. The summed E-state index contributed by atoms with van der Waals surface area (Å²) in [5, 5.41) is 9.74. The first-order valence-electron chi connectivity index (χ1n) is 7.46. The van der Waals surface area contributed by atoms with Gasteiger partial charge in [0, 0.05) is 29.6 Å². The Morgan fingerprint density at radius 2 is 2.08 bits per heavy atom. The average Bonchev–Trinajstić information content (AvgIpc) is 2.96. The van der Waals surface area contributed by atoms with Crippen LogP contribution in [0.3, 0.4) is 0 Å². The smallest absolute Gasteiger partial charge is 0.339 e. The summed E-state index contributed by atoms with van der Waals surface area (Å²) in [5.41, 5.74) is 1.76. The summed E-state index contributed by atoms with van der Waals surface area (Å²) >= 11 is 6.00. The molecule has 1 unspecified atom stereocenters. The van der Waals surface area contributed by atoms with Crippen LogP contribution in [0.5, 0.6) is 5.75 Å². The maximum absolute atomic E-state index is 12.4. The van der Waals surface area contributed by atoms with Gasteiger partial charge in [-0.2, -0.15) is 0 Å². The van der Waals surface area contributed by atoms with E-state index < -0.39 is 5.97 Å². The third-order valence-electron chi connectivity index (χ3n) is 4.17. The lowest BCUT2D eigenvalue weighted by molar-refractivity contribution is -0.117. The number of carboxylic acids is 1. The number of amides is 1. The van der Waals surface area contributed by atoms with Gasteiger partial charge in [0.25, 0.3) is 0 Å². The first kappa shape index (κ1) is 16.3. The van der Waals surface area contributed by atoms with Crippen LogP contribution in [-0.2, 0) is 4.79 Å². The Morgan fingerprint density at radius 1 is 1.29 bits per heavy atom. The summed E-state index contributed by atoms with van der Waals surface area (Å²) in [6, 6.07) is 12.1. The molecule has 3 rings (SSSR count). The molecule has 124 valence electrons. The van der Waals surface area contributed by atoms with E-state index in [-0.39, 0.29) is 17.4 Å². The highest BCUT2D eigenvalue weighted by Crippen LogP contribution is 2.34. The van der Waals surface area contributed by atoms with Gasteiger partial charge in [-0.1, -0.05) is 23.7 Å². The molecule has 1 N–H and O–H groups in total. The zero-order valence-electron chi connectivity index (χ0n) is 13.0. The van der Waals surface area contributed by atoms with E-state index in [1.165, 1.54) is 13.2 Å². The van der Waals surface area contributed by atoms with E-state index in [2.05, 4.69) is 0 Å². The molecule has 1 amide bonds. The van der Waals surface area contributed by atoms with Crippen molar-refractivity contribution in [2.45, 2.75) is 12.3 Å². The molecule has 0 spiro atoms. The highest BCUT2D eigenvalue weighted by Gasteiger charge is 2.32. The maximum Gasteiger partial charge on any atom is 0.339 e. The van der Waals surface area contributed by atoms with E-state index in [4.69, 9.17) is 21.4 Å². The van der Waals surface area contributed by atoms with Gasteiger partial charge in [0.1, 0.15) is 11.3 Å². The van der Waals surface area contributed by atoms with Crippen LogP contribution in [0.1, 0.15) is 28.3 Å². The van der Waals surface area contributed by atoms with Crippen molar-refractivity contribution in [3.63, 3.8) is 0 Å². The van der Waals surface area contributed by atoms with Crippen molar-refractivity contribution in [2.75, 3.05) is 18.6 Å². The van der Waals surface area contributed by atoms with Gasteiger partial charge in [0.15, 0.2) is 0 Å². The zero-order chi connectivity index (χ0) is 17.3.